The van der Waals surface area contributed by atoms with Gasteiger partial charge in [0.1, 0.15) is 5.69 Å². The number of halogens is 1. The van der Waals surface area contributed by atoms with Gasteiger partial charge in [0, 0.05) is 15.9 Å². The average molecular weight is 323 g/mol. The van der Waals surface area contributed by atoms with Crippen molar-refractivity contribution >= 4 is 27.6 Å². The molecule has 0 bridgehead atoms. The van der Waals surface area contributed by atoms with Crippen LogP contribution in [0.2, 0.25) is 0 Å². The summed E-state index contributed by atoms with van der Waals surface area (Å²) in [6, 6.07) is 9.65. The van der Waals surface area contributed by atoms with Crippen molar-refractivity contribution < 1.29 is 9.53 Å². The Morgan fingerprint density at radius 3 is 2.84 bits per heavy atom. The highest BCUT2D eigenvalue weighted by atomic mass is 79.9. The van der Waals surface area contributed by atoms with E-state index in [-0.39, 0.29) is 5.97 Å². The van der Waals surface area contributed by atoms with Crippen molar-refractivity contribution in [1.29, 1.82) is 0 Å². The van der Waals surface area contributed by atoms with Crippen LogP contribution in [0.3, 0.4) is 0 Å². The highest BCUT2D eigenvalue weighted by Gasteiger charge is 2.07. The maximum Gasteiger partial charge on any atom is 0.354 e. The predicted molar refractivity (Wildman–Crippen MR) is 78.3 cm³/mol. The van der Waals surface area contributed by atoms with E-state index in [0.29, 0.717) is 12.2 Å². The number of aromatic amines is 1. The summed E-state index contributed by atoms with van der Waals surface area (Å²) in [5, 5.41) is 3.32. The molecule has 0 aliphatic rings. The average Bonchev–Trinajstić information content (AvgIpc) is 2.85. The Bertz CT molecular complexity index is 593. The van der Waals surface area contributed by atoms with Crippen molar-refractivity contribution in [3.05, 3.63) is 51.8 Å². The van der Waals surface area contributed by atoms with E-state index < -0.39 is 0 Å². The number of aryl methyl sites for hydroxylation is 1. The normalized spacial score (nSPS) is 10.3. The van der Waals surface area contributed by atoms with Crippen LogP contribution in [0.5, 0.6) is 0 Å². The van der Waals surface area contributed by atoms with Crippen molar-refractivity contribution in [2.24, 2.45) is 0 Å². The quantitative estimate of drug-likeness (QED) is 0.847. The lowest BCUT2D eigenvalue weighted by Gasteiger charge is -2.08. The number of benzene rings is 1. The first-order valence-corrected chi connectivity index (χ1v) is 6.65. The van der Waals surface area contributed by atoms with E-state index in [4.69, 9.17) is 0 Å². The Morgan fingerprint density at radius 2 is 2.16 bits per heavy atom. The second-order valence-corrected chi connectivity index (χ2v) is 5.12. The number of H-pyrrole nitrogens is 1. The van der Waals surface area contributed by atoms with Crippen LogP contribution in [0, 0.1) is 6.92 Å². The summed E-state index contributed by atoms with van der Waals surface area (Å²) in [4.78, 5) is 14.3. The van der Waals surface area contributed by atoms with Crippen molar-refractivity contribution in [3.63, 3.8) is 0 Å². The molecule has 0 unspecified atom stereocenters. The third-order valence-corrected chi connectivity index (χ3v) is 3.30. The summed E-state index contributed by atoms with van der Waals surface area (Å²) in [6.45, 7) is 2.67. The smallest absolute Gasteiger partial charge is 0.354 e. The molecule has 2 N–H and O–H groups in total. The van der Waals surface area contributed by atoms with Gasteiger partial charge in [-0.15, -0.1) is 0 Å². The molecule has 2 rings (SSSR count). The van der Waals surface area contributed by atoms with E-state index in [2.05, 4.69) is 37.0 Å². The minimum atomic E-state index is -0.355. The molecule has 1 heterocycles. The number of methoxy groups -OCH3 is 1. The molecule has 19 heavy (non-hydrogen) atoms. The zero-order valence-corrected chi connectivity index (χ0v) is 12.4. The SMILES string of the molecule is COC(=O)c1ccc(CNc2ccc(Br)cc2C)[nH]1. The molecule has 0 radical (unpaired) electrons. The molecule has 0 fully saturated rings. The molecular formula is C14H15BrN2O2. The lowest BCUT2D eigenvalue weighted by atomic mass is 10.2. The van der Waals surface area contributed by atoms with Gasteiger partial charge in [0.25, 0.3) is 0 Å². The Balaban J connectivity index is 2.02. The molecule has 0 atom stereocenters. The van der Waals surface area contributed by atoms with Gasteiger partial charge in [-0.2, -0.15) is 0 Å². The fourth-order valence-corrected chi connectivity index (χ4v) is 2.26. The number of ether oxygens (including phenoxy) is 1. The van der Waals surface area contributed by atoms with Crippen LogP contribution < -0.4 is 5.32 Å². The number of nitrogens with one attached hydrogen (secondary N) is 2. The fraction of sp³-hybridized carbons (Fsp3) is 0.214. The number of esters is 1. The van der Waals surface area contributed by atoms with Gasteiger partial charge in [0.05, 0.1) is 13.7 Å². The molecule has 2 aromatic rings. The molecular weight excluding hydrogens is 308 g/mol. The van der Waals surface area contributed by atoms with Gasteiger partial charge in [-0.25, -0.2) is 4.79 Å². The fourth-order valence-electron chi connectivity index (χ4n) is 1.79. The third-order valence-electron chi connectivity index (χ3n) is 2.81. The topological polar surface area (TPSA) is 54.1 Å². The summed E-state index contributed by atoms with van der Waals surface area (Å²) in [7, 11) is 1.37. The lowest BCUT2D eigenvalue weighted by molar-refractivity contribution is 0.0594. The minimum Gasteiger partial charge on any atom is -0.464 e. The van der Waals surface area contributed by atoms with Crippen LogP contribution in [0.25, 0.3) is 0 Å². The first kappa shape index (κ1) is 13.7. The predicted octanol–water partition coefficient (Wildman–Crippen LogP) is 3.48. The molecule has 5 heteroatoms. The van der Waals surface area contributed by atoms with Gasteiger partial charge in [-0.05, 0) is 42.8 Å². The Morgan fingerprint density at radius 1 is 1.37 bits per heavy atom. The lowest BCUT2D eigenvalue weighted by Crippen LogP contribution is -2.04. The first-order valence-electron chi connectivity index (χ1n) is 5.86. The number of anilines is 1. The van der Waals surface area contributed by atoms with Crippen LogP contribution in [0.4, 0.5) is 5.69 Å². The minimum absolute atomic E-state index is 0.355. The van der Waals surface area contributed by atoms with Crippen LogP contribution in [-0.2, 0) is 11.3 Å². The zero-order valence-electron chi connectivity index (χ0n) is 10.8. The van der Waals surface area contributed by atoms with Gasteiger partial charge in [0.15, 0.2) is 0 Å². The summed E-state index contributed by atoms with van der Waals surface area (Å²) in [5.74, 6) is -0.355. The van der Waals surface area contributed by atoms with Crippen LogP contribution in [0.15, 0.2) is 34.8 Å². The van der Waals surface area contributed by atoms with Gasteiger partial charge >= 0.3 is 5.97 Å². The van der Waals surface area contributed by atoms with Crippen LogP contribution >= 0.6 is 15.9 Å². The summed E-state index contributed by atoms with van der Waals surface area (Å²) in [6.07, 6.45) is 0. The van der Waals surface area contributed by atoms with E-state index in [1.807, 2.05) is 25.1 Å². The summed E-state index contributed by atoms with van der Waals surface area (Å²) >= 11 is 3.43. The van der Waals surface area contributed by atoms with Crippen molar-refractivity contribution in [1.82, 2.24) is 4.98 Å². The highest BCUT2D eigenvalue weighted by Crippen LogP contribution is 2.20. The van der Waals surface area contributed by atoms with Gasteiger partial charge in [-0.3, -0.25) is 0 Å². The second kappa shape index (κ2) is 5.93. The van der Waals surface area contributed by atoms with Crippen molar-refractivity contribution in [2.75, 3.05) is 12.4 Å². The molecule has 0 aliphatic heterocycles. The second-order valence-electron chi connectivity index (χ2n) is 4.20. The number of aromatic nitrogens is 1. The van der Waals surface area contributed by atoms with Gasteiger partial charge in [0.2, 0.25) is 0 Å². The third kappa shape index (κ3) is 3.38. The van der Waals surface area contributed by atoms with E-state index in [1.54, 1.807) is 6.07 Å². The molecule has 1 aromatic carbocycles. The number of rotatable bonds is 4. The molecule has 4 nitrogen and oxygen atoms in total. The summed E-state index contributed by atoms with van der Waals surface area (Å²) in [5.41, 5.74) is 3.63. The number of carbonyl (C=O) groups excluding carboxylic acids is 1. The van der Waals surface area contributed by atoms with E-state index >= 15 is 0 Å². The number of carbonyl (C=O) groups is 1. The van der Waals surface area contributed by atoms with E-state index in [1.165, 1.54) is 7.11 Å². The maximum absolute atomic E-state index is 11.3. The van der Waals surface area contributed by atoms with E-state index in [9.17, 15) is 4.79 Å². The number of hydrogen-bond acceptors (Lipinski definition) is 3. The molecule has 0 spiro atoms. The number of hydrogen-bond donors (Lipinski definition) is 2. The Labute approximate surface area is 120 Å². The van der Waals surface area contributed by atoms with Crippen molar-refractivity contribution in [3.8, 4) is 0 Å². The molecule has 0 aliphatic carbocycles. The monoisotopic (exact) mass is 322 g/mol. The maximum atomic E-state index is 11.3. The Hall–Kier alpha value is -1.75. The molecule has 0 saturated heterocycles. The zero-order chi connectivity index (χ0) is 13.8. The molecule has 1 aromatic heterocycles. The van der Waals surface area contributed by atoms with Gasteiger partial charge < -0.3 is 15.0 Å². The van der Waals surface area contributed by atoms with Crippen LogP contribution in [0.1, 0.15) is 21.7 Å². The van der Waals surface area contributed by atoms with Gasteiger partial charge in [-0.1, -0.05) is 15.9 Å². The Kier molecular flexibility index (Phi) is 4.27. The molecule has 0 amide bonds. The van der Waals surface area contributed by atoms with E-state index in [0.717, 1.165) is 21.4 Å². The van der Waals surface area contributed by atoms with Crippen LogP contribution in [-0.4, -0.2) is 18.1 Å². The highest BCUT2D eigenvalue weighted by molar-refractivity contribution is 9.10. The first-order chi connectivity index (χ1) is 9.10. The molecule has 0 saturated carbocycles. The standard InChI is InChI=1S/C14H15BrN2O2/c1-9-7-10(15)3-5-12(9)16-8-11-4-6-13(17-11)14(18)19-2/h3-7,16-17H,8H2,1-2H3. The van der Waals surface area contributed by atoms with Crippen molar-refractivity contribution in [2.45, 2.75) is 13.5 Å². The molecule has 100 valence electrons. The largest absolute Gasteiger partial charge is 0.464 e. The summed E-state index contributed by atoms with van der Waals surface area (Å²) < 4.78 is 5.71.